The lowest BCUT2D eigenvalue weighted by molar-refractivity contribution is 0.0475. The molecule has 1 saturated heterocycles. The van der Waals surface area contributed by atoms with E-state index in [1.165, 1.54) is 36.7 Å². The first-order chi connectivity index (χ1) is 16.8. The molecule has 3 rings (SSSR count). The Kier molecular flexibility index (Phi) is 8.74. The SMILES string of the molecule is CCN(CC)S(=O)(=O)c1ccc(N2CCCC2)c(C(=O)OCC(=O)c2ccc(OC)c(OC)c2)c1. The first-order valence-electron chi connectivity index (χ1n) is 11.6. The van der Waals surface area contributed by atoms with E-state index in [1.54, 1.807) is 32.0 Å². The summed E-state index contributed by atoms with van der Waals surface area (Å²) in [5, 5.41) is 0. The third-order valence-electron chi connectivity index (χ3n) is 6.02. The van der Waals surface area contributed by atoms with Gasteiger partial charge in [-0.2, -0.15) is 4.31 Å². The zero-order chi connectivity index (χ0) is 25.6. The average Bonchev–Trinajstić information content (AvgIpc) is 3.41. The molecule has 190 valence electrons. The van der Waals surface area contributed by atoms with Crippen LogP contribution in [0.2, 0.25) is 0 Å². The van der Waals surface area contributed by atoms with Gasteiger partial charge in [-0.1, -0.05) is 13.8 Å². The summed E-state index contributed by atoms with van der Waals surface area (Å²) in [6.45, 7) is 5.16. The Bertz CT molecular complexity index is 1170. The third kappa shape index (κ3) is 5.76. The molecule has 0 radical (unpaired) electrons. The van der Waals surface area contributed by atoms with Crippen LogP contribution in [0.25, 0.3) is 0 Å². The number of benzene rings is 2. The van der Waals surface area contributed by atoms with Gasteiger partial charge in [-0.3, -0.25) is 4.79 Å². The average molecular weight is 505 g/mol. The summed E-state index contributed by atoms with van der Waals surface area (Å²) >= 11 is 0. The van der Waals surface area contributed by atoms with E-state index in [2.05, 4.69) is 0 Å². The number of hydrogen-bond donors (Lipinski definition) is 0. The lowest BCUT2D eigenvalue weighted by Gasteiger charge is -2.23. The number of carbonyl (C=O) groups excluding carboxylic acids is 2. The number of rotatable bonds is 11. The highest BCUT2D eigenvalue weighted by atomic mass is 32.2. The summed E-state index contributed by atoms with van der Waals surface area (Å²) in [5.74, 6) is -0.316. The van der Waals surface area contributed by atoms with Crippen molar-refractivity contribution in [1.29, 1.82) is 0 Å². The molecule has 0 amide bonds. The molecule has 1 fully saturated rings. The molecule has 0 atom stereocenters. The van der Waals surface area contributed by atoms with Crippen molar-refractivity contribution in [3.8, 4) is 11.5 Å². The Labute approximate surface area is 206 Å². The van der Waals surface area contributed by atoms with Crippen LogP contribution in [0.1, 0.15) is 47.4 Å². The van der Waals surface area contributed by atoms with E-state index >= 15 is 0 Å². The van der Waals surface area contributed by atoms with Gasteiger partial charge in [0.25, 0.3) is 0 Å². The normalized spacial score (nSPS) is 13.7. The molecule has 0 aliphatic carbocycles. The molecule has 0 bridgehead atoms. The molecular formula is C25H32N2O7S. The molecule has 0 saturated carbocycles. The van der Waals surface area contributed by atoms with E-state index in [0.717, 1.165) is 25.9 Å². The molecule has 1 heterocycles. The number of methoxy groups -OCH3 is 2. The summed E-state index contributed by atoms with van der Waals surface area (Å²) in [4.78, 5) is 27.9. The highest BCUT2D eigenvalue weighted by Gasteiger charge is 2.27. The monoisotopic (exact) mass is 504 g/mol. The summed E-state index contributed by atoms with van der Waals surface area (Å²) in [6, 6.07) is 9.19. The van der Waals surface area contributed by atoms with E-state index < -0.39 is 28.4 Å². The molecule has 0 N–H and O–H groups in total. The molecule has 0 unspecified atom stereocenters. The van der Waals surface area contributed by atoms with Crippen LogP contribution in [0.5, 0.6) is 11.5 Å². The number of sulfonamides is 1. The van der Waals surface area contributed by atoms with Gasteiger partial charge in [0.2, 0.25) is 10.0 Å². The Hall–Kier alpha value is -3.11. The minimum absolute atomic E-state index is 0.0160. The van der Waals surface area contributed by atoms with Crippen molar-refractivity contribution in [2.75, 3.05) is 51.9 Å². The molecule has 2 aromatic rings. The van der Waals surface area contributed by atoms with Gasteiger partial charge in [0.15, 0.2) is 23.9 Å². The predicted molar refractivity (Wildman–Crippen MR) is 132 cm³/mol. The minimum atomic E-state index is -3.77. The van der Waals surface area contributed by atoms with Crippen LogP contribution < -0.4 is 14.4 Å². The van der Waals surface area contributed by atoms with E-state index in [-0.39, 0.29) is 10.5 Å². The second-order valence-electron chi connectivity index (χ2n) is 8.03. The zero-order valence-corrected chi connectivity index (χ0v) is 21.4. The number of ketones is 1. The molecule has 1 aliphatic rings. The van der Waals surface area contributed by atoms with E-state index in [0.29, 0.717) is 35.8 Å². The zero-order valence-electron chi connectivity index (χ0n) is 20.6. The summed E-state index contributed by atoms with van der Waals surface area (Å²) in [7, 11) is -0.815. The molecule has 35 heavy (non-hydrogen) atoms. The Morgan fingerprint density at radius 1 is 0.943 bits per heavy atom. The third-order valence-corrected chi connectivity index (χ3v) is 8.06. The van der Waals surface area contributed by atoms with Crippen molar-refractivity contribution in [3.63, 3.8) is 0 Å². The molecule has 2 aromatic carbocycles. The maximum atomic E-state index is 13.1. The largest absolute Gasteiger partial charge is 0.493 e. The highest BCUT2D eigenvalue weighted by molar-refractivity contribution is 7.89. The second-order valence-corrected chi connectivity index (χ2v) is 9.97. The van der Waals surface area contributed by atoms with E-state index in [9.17, 15) is 18.0 Å². The molecule has 9 nitrogen and oxygen atoms in total. The Morgan fingerprint density at radius 3 is 2.20 bits per heavy atom. The molecule has 10 heteroatoms. The van der Waals surface area contributed by atoms with Gasteiger partial charge in [0.1, 0.15) is 0 Å². The lowest BCUT2D eigenvalue weighted by atomic mass is 10.1. The van der Waals surface area contributed by atoms with Gasteiger partial charge in [-0.15, -0.1) is 0 Å². The van der Waals surface area contributed by atoms with Crippen LogP contribution in [-0.2, 0) is 14.8 Å². The predicted octanol–water partition coefficient (Wildman–Crippen LogP) is 3.37. The van der Waals surface area contributed by atoms with Crippen LogP contribution in [0.3, 0.4) is 0 Å². The summed E-state index contributed by atoms with van der Waals surface area (Å²) in [6.07, 6.45) is 1.96. The van der Waals surface area contributed by atoms with Gasteiger partial charge in [0.05, 0.1) is 30.4 Å². The fourth-order valence-corrected chi connectivity index (χ4v) is 5.57. The first kappa shape index (κ1) is 26.5. The van der Waals surface area contributed by atoms with Gasteiger partial charge in [0, 0.05) is 31.7 Å². The van der Waals surface area contributed by atoms with Crippen LogP contribution in [-0.4, -0.2) is 71.5 Å². The van der Waals surface area contributed by atoms with Gasteiger partial charge in [-0.05, 0) is 49.2 Å². The number of hydrogen-bond acceptors (Lipinski definition) is 8. The van der Waals surface area contributed by atoms with Crippen LogP contribution in [0, 0.1) is 0 Å². The van der Waals surface area contributed by atoms with Crippen LogP contribution >= 0.6 is 0 Å². The topological polar surface area (TPSA) is 102 Å². The maximum absolute atomic E-state index is 13.1. The fraction of sp³-hybridized carbons (Fsp3) is 0.440. The standard InChI is InChI=1S/C25H32N2O7S/c1-5-27(6-2)35(30,31)19-10-11-21(26-13-7-8-14-26)20(16-19)25(29)34-17-22(28)18-9-12-23(32-3)24(15-18)33-4/h9-12,15-16H,5-8,13-14,17H2,1-4H3. The summed E-state index contributed by atoms with van der Waals surface area (Å²) in [5.41, 5.74) is 1.03. The fourth-order valence-electron chi connectivity index (χ4n) is 4.09. The highest BCUT2D eigenvalue weighted by Crippen LogP contribution is 2.30. The molecular weight excluding hydrogens is 472 g/mol. The van der Waals surface area contributed by atoms with Crippen molar-refractivity contribution in [2.45, 2.75) is 31.6 Å². The van der Waals surface area contributed by atoms with Crippen molar-refractivity contribution >= 4 is 27.5 Å². The van der Waals surface area contributed by atoms with Crippen LogP contribution in [0.15, 0.2) is 41.3 Å². The van der Waals surface area contributed by atoms with Gasteiger partial charge in [-0.25, -0.2) is 13.2 Å². The van der Waals surface area contributed by atoms with Crippen molar-refractivity contribution in [1.82, 2.24) is 4.31 Å². The molecule has 0 spiro atoms. The van der Waals surface area contributed by atoms with E-state index in [1.807, 2.05) is 4.90 Å². The van der Waals surface area contributed by atoms with Crippen LogP contribution in [0.4, 0.5) is 5.69 Å². The number of esters is 1. The molecule has 1 aliphatic heterocycles. The van der Waals surface area contributed by atoms with E-state index in [4.69, 9.17) is 14.2 Å². The first-order valence-corrected chi connectivity index (χ1v) is 13.0. The maximum Gasteiger partial charge on any atom is 0.340 e. The molecule has 0 aromatic heterocycles. The number of nitrogens with zero attached hydrogens (tertiary/aromatic N) is 2. The smallest absolute Gasteiger partial charge is 0.340 e. The summed E-state index contributed by atoms with van der Waals surface area (Å²) < 4.78 is 43.2. The van der Waals surface area contributed by atoms with Crippen molar-refractivity contribution < 1.29 is 32.2 Å². The number of carbonyl (C=O) groups is 2. The van der Waals surface area contributed by atoms with Gasteiger partial charge >= 0.3 is 5.97 Å². The number of ether oxygens (including phenoxy) is 3. The second kappa shape index (κ2) is 11.5. The van der Waals surface area contributed by atoms with Gasteiger partial charge < -0.3 is 19.1 Å². The lowest BCUT2D eigenvalue weighted by Crippen LogP contribution is -2.31. The minimum Gasteiger partial charge on any atom is -0.493 e. The van der Waals surface area contributed by atoms with Crippen molar-refractivity contribution in [2.24, 2.45) is 0 Å². The number of anilines is 1. The number of Topliss-reactive ketones (excluding diaryl/α,β-unsaturated/α-hetero) is 1. The quantitative estimate of drug-likeness (QED) is 0.339. The Morgan fingerprint density at radius 2 is 1.60 bits per heavy atom. The Balaban J connectivity index is 1.87. The van der Waals surface area contributed by atoms with Crippen molar-refractivity contribution in [3.05, 3.63) is 47.5 Å².